The standard InChI is InChI=1S/C11H10BrF2NO3S/c12-9-4-8(13)1-2-10(9)15-5-7(3-11(15)16)6-19(14,17)18/h1-2,4,7H,3,5-6H2. The Kier molecular flexibility index (Phi) is 3.91. The maximum absolute atomic E-state index is 13.0. The Morgan fingerprint density at radius 3 is 2.68 bits per heavy atom. The molecule has 1 aliphatic rings. The number of carbonyl (C=O) groups is 1. The molecule has 1 saturated heterocycles. The van der Waals surface area contributed by atoms with Crippen LogP contribution in [0.5, 0.6) is 0 Å². The quantitative estimate of drug-likeness (QED) is 0.783. The van der Waals surface area contributed by atoms with Crippen molar-refractivity contribution in [2.24, 2.45) is 5.92 Å². The van der Waals surface area contributed by atoms with Crippen molar-refractivity contribution in [1.29, 1.82) is 0 Å². The highest BCUT2D eigenvalue weighted by molar-refractivity contribution is 9.10. The third-order valence-electron chi connectivity index (χ3n) is 2.84. The highest BCUT2D eigenvalue weighted by Gasteiger charge is 2.34. The minimum Gasteiger partial charge on any atom is -0.311 e. The van der Waals surface area contributed by atoms with E-state index in [1.807, 2.05) is 0 Å². The zero-order chi connectivity index (χ0) is 14.2. The number of anilines is 1. The van der Waals surface area contributed by atoms with Gasteiger partial charge in [-0.15, -0.1) is 3.89 Å². The topological polar surface area (TPSA) is 54.5 Å². The molecule has 104 valence electrons. The summed E-state index contributed by atoms with van der Waals surface area (Å²) >= 11 is 3.14. The van der Waals surface area contributed by atoms with Crippen LogP contribution in [0.25, 0.3) is 0 Å². The average molecular weight is 354 g/mol. The predicted molar refractivity (Wildman–Crippen MR) is 69.5 cm³/mol. The monoisotopic (exact) mass is 353 g/mol. The van der Waals surface area contributed by atoms with Crippen LogP contribution in [0.15, 0.2) is 22.7 Å². The van der Waals surface area contributed by atoms with Gasteiger partial charge in [0, 0.05) is 23.4 Å². The molecule has 1 atom stereocenters. The Hall–Kier alpha value is -1.02. The minimum atomic E-state index is -4.60. The molecule has 1 unspecified atom stereocenters. The largest absolute Gasteiger partial charge is 0.311 e. The zero-order valence-electron chi connectivity index (χ0n) is 9.64. The number of nitrogens with zero attached hydrogens (tertiary/aromatic N) is 1. The van der Waals surface area contributed by atoms with Crippen LogP contribution < -0.4 is 4.90 Å². The van der Waals surface area contributed by atoms with Gasteiger partial charge in [0.15, 0.2) is 0 Å². The van der Waals surface area contributed by atoms with Gasteiger partial charge in [-0.25, -0.2) is 4.39 Å². The third kappa shape index (κ3) is 3.50. The summed E-state index contributed by atoms with van der Waals surface area (Å²) in [6.07, 6.45) is -0.0348. The van der Waals surface area contributed by atoms with Crippen LogP contribution in [-0.4, -0.2) is 26.6 Å². The number of carbonyl (C=O) groups excluding carboxylic acids is 1. The van der Waals surface area contributed by atoms with Crippen molar-refractivity contribution >= 4 is 37.7 Å². The Labute approximate surface area is 117 Å². The summed E-state index contributed by atoms with van der Waals surface area (Å²) in [5, 5.41) is 0. The van der Waals surface area contributed by atoms with Crippen LogP contribution in [0.3, 0.4) is 0 Å². The summed E-state index contributed by atoms with van der Waals surface area (Å²) in [7, 11) is -4.60. The molecule has 0 bridgehead atoms. The third-order valence-corrected chi connectivity index (χ3v) is 4.35. The number of amides is 1. The van der Waals surface area contributed by atoms with E-state index in [9.17, 15) is 21.5 Å². The molecule has 0 saturated carbocycles. The summed E-state index contributed by atoms with van der Waals surface area (Å²) in [4.78, 5) is 13.1. The number of benzene rings is 1. The molecule has 2 rings (SSSR count). The molecule has 0 aromatic heterocycles. The Bertz CT molecular complexity index is 620. The van der Waals surface area contributed by atoms with Crippen LogP contribution in [0.2, 0.25) is 0 Å². The molecule has 8 heteroatoms. The van der Waals surface area contributed by atoms with Gasteiger partial charge in [0.2, 0.25) is 5.91 Å². The summed E-state index contributed by atoms with van der Waals surface area (Å²) in [5.74, 6) is -2.01. The van der Waals surface area contributed by atoms with E-state index in [4.69, 9.17) is 0 Å². The van der Waals surface area contributed by atoms with Crippen LogP contribution >= 0.6 is 15.9 Å². The van der Waals surface area contributed by atoms with E-state index in [0.717, 1.165) is 0 Å². The maximum Gasteiger partial charge on any atom is 0.302 e. The number of rotatable bonds is 3. The van der Waals surface area contributed by atoms with Crippen molar-refractivity contribution < 1.29 is 21.5 Å². The zero-order valence-corrected chi connectivity index (χ0v) is 12.0. The molecule has 1 fully saturated rings. The molecule has 0 N–H and O–H groups in total. The lowest BCUT2D eigenvalue weighted by atomic mass is 10.1. The van der Waals surface area contributed by atoms with Crippen LogP contribution in [-0.2, 0) is 15.0 Å². The normalized spacial score (nSPS) is 20.1. The highest BCUT2D eigenvalue weighted by atomic mass is 79.9. The van der Waals surface area contributed by atoms with E-state index >= 15 is 0 Å². The second kappa shape index (κ2) is 5.16. The fourth-order valence-corrected chi connectivity index (χ4v) is 3.46. The van der Waals surface area contributed by atoms with Gasteiger partial charge in [-0.2, -0.15) is 8.42 Å². The van der Waals surface area contributed by atoms with Crippen LogP contribution in [0.4, 0.5) is 14.0 Å². The molecule has 0 aliphatic carbocycles. The first kappa shape index (κ1) is 14.4. The van der Waals surface area contributed by atoms with Gasteiger partial charge in [0.05, 0.1) is 11.4 Å². The predicted octanol–water partition coefficient (Wildman–Crippen LogP) is 2.24. The van der Waals surface area contributed by atoms with E-state index in [1.165, 1.54) is 23.1 Å². The van der Waals surface area contributed by atoms with E-state index in [1.54, 1.807) is 0 Å². The fourth-order valence-electron chi connectivity index (χ4n) is 2.11. The maximum atomic E-state index is 13.0. The van der Waals surface area contributed by atoms with Gasteiger partial charge >= 0.3 is 10.2 Å². The first-order chi connectivity index (χ1) is 8.76. The minimum absolute atomic E-state index is 0.0348. The summed E-state index contributed by atoms with van der Waals surface area (Å²) in [6.45, 7) is 0.103. The molecular formula is C11H10BrF2NO3S. The Morgan fingerprint density at radius 1 is 1.42 bits per heavy atom. The lowest BCUT2D eigenvalue weighted by molar-refractivity contribution is -0.117. The van der Waals surface area contributed by atoms with Crippen molar-refractivity contribution in [1.82, 2.24) is 0 Å². The number of hydrogen-bond donors (Lipinski definition) is 0. The van der Waals surface area contributed by atoms with Gasteiger partial charge in [-0.05, 0) is 34.1 Å². The van der Waals surface area contributed by atoms with E-state index in [0.29, 0.717) is 10.2 Å². The summed E-state index contributed by atoms with van der Waals surface area (Å²) in [5.41, 5.74) is 0.449. The van der Waals surface area contributed by atoms with Gasteiger partial charge in [0.25, 0.3) is 0 Å². The SMILES string of the molecule is O=C1CC(CS(=O)(=O)F)CN1c1ccc(F)cc1Br. The van der Waals surface area contributed by atoms with E-state index in [2.05, 4.69) is 15.9 Å². The molecule has 1 aromatic rings. The smallest absolute Gasteiger partial charge is 0.302 e. The van der Waals surface area contributed by atoms with Gasteiger partial charge in [0.1, 0.15) is 5.82 Å². The molecule has 4 nitrogen and oxygen atoms in total. The number of hydrogen-bond acceptors (Lipinski definition) is 3. The lowest BCUT2D eigenvalue weighted by Gasteiger charge is -2.18. The Morgan fingerprint density at radius 2 is 2.11 bits per heavy atom. The van der Waals surface area contributed by atoms with Gasteiger partial charge < -0.3 is 4.90 Å². The Balaban J connectivity index is 2.20. The van der Waals surface area contributed by atoms with Crippen molar-refractivity contribution in [3.8, 4) is 0 Å². The highest BCUT2D eigenvalue weighted by Crippen LogP contribution is 2.32. The van der Waals surface area contributed by atoms with Crippen molar-refractivity contribution in [3.05, 3.63) is 28.5 Å². The second-order valence-corrected chi connectivity index (χ2v) is 6.64. The van der Waals surface area contributed by atoms with Crippen molar-refractivity contribution in [2.75, 3.05) is 17.2 Å². The van der Waals surface area contributed by atoms with Crippen LogP contribution in [0, 0.1) is 11.7 Å². The molecule has 19 heavy (non-hydrogen) atoms. The molecule has 1 heterocycles. The molecular weight excluding hydrogens is 344 g/mol. The average Bonchev–Trinajstić information content (AvgIpc) is 2.56. The molecule has 0 radical (unpaired) electrons. The van der Waals surface area contributed by atoms with Crippen molar-refractivity contribution in [3.63, 3.8) is 0 Å². The molecule has 1 amide bonds. The van der Waals surface area contributed by atoms with Gasteiger partial charge in [-0.1, -0.05) is 0 Å². The van der Waals surface area contributed by atoms with E-state index < -0.39 is 27.7 Å². The lowest BCUT2D eigenvalue weighted by Crippen LogP contribution is -2.25. The van der Waals surface area contributed by atoms with Gasteiger partial charge in [-0.3, -0.25) is 4.79 Å². The number of halogens is 3. The molecule has 1 aliphatic heterocycles. The summed E-state index contributed by atoms with van der Waals surface area (Å²) < 4.78 is 47.2. The first-order valence-corrected chi connectivity index (χ1v) is 7.78. The van der Waals surface area contributed by atoms with Crippen LogP contribution in [0.1, 0.15) is 6.42 Å². The fraction of sp³-hybridized carbons (Fsp3) is 0.364. The molecule has 1 aromatic carbocycles. The molecule has 0 spiro atoms. The first-order valence-electron chi connectivity index (χ1n) is 5.44. The van der Waals surface area contributed by atoms with Crippen molar-refractivity contribution in [2.45, 2.75) is 6.42 Å². The second-order valence-electron chi connectivity index (χ2n) is 4.38. The van der Waals surface area contributed by atoms with E-state index in [-0.39, 0.29) is 18.9 Å². The summed E-state index contributed by atoms with van der Waals surface area (Å²) in [6, 6.07) is 3.83.